The number of hydrogen-bond acceptors (Lipinski definition) is 5. The summed E-state index contributed by atoms with van der Waals surface area (Å²) < 4.78 is 31.7. The van der Waals surface area contributed by atoms with Gasteiger partial charge in [0.2, 0.25) is 10.0 Å². The lowest BCUT2D eigenvalue weighted by Crippen LogP contribution is -2.32. The Balaban J connectivity index is 2.64. The van der Waals surface area contributed by atoms with Gasteiger partial charge in [-0.25, -0.2) is 17.9 Å². The highest BCUT2D eigenvalue weighted by atomic mass is 32.2. The standard InChI is InChI=1S/C17H26N2O5S/c1-5-13(4)19-25(22,23)15-8-6-14(7-9-15)17(21)24-11-16(20)18-10-12(2)3/h6-9,12-13,19H,5,10-11H2,1-4H3,(H,18,20)/t13-/m1/s1. The minimum absolute atomic E-state index is 0.0685. The van der Waals surface area contributed by atoms with E-state index in [0.717, 1.165) is 0 Å². The Morgan fingerprint density at radius 2 is 1.72 bits per heavy atom. The van der Waals surface area contributed by atoms with Gasteiger partial charge in [0.05, 0.1) is 10.5 Å². The lowest BCUT2D eigenvalue weighted by molar-refractivity contribution is -0.124. The van der Waals surface area contributed by atoms with Crippen molar-refractivity contribution in [2.45, 2.75) is 45.1 Å². The van der Waals surface area contributed by atoms with Crippen molar-refractivity contribution in [1.29, 1.82) is 0 Å². The molecule has 0 radical (unpaired) electrons. The van der Waals surface area contributed by atoms with Gasteiger partial charge < -0.3 is 10.1 Å². The third-order valence-electron chi connectivity index (χ3n) is 3.41. The number of rotatable bonds is 9. The maximum atomic E-state index is 12.1. The van der Waals surface area contributed by atoms with Gasteiger partial charge in [-0.1, -0.05) is 20.8 Å². The van der Waals surface area contributed by atoms with Crippen LogP contribution in [-0.2, 0) is 19.6 Å². The molecule has 0 aliphatic heterocycles. The first-order valence-corrected chi connectivity index (χ1v) is 9.70. The van der Waals surface area contributed by atoms with Gasteiger partial charge in [0.1, 0.15) is 0 Å². The average Bonchev–Trinajstić information content (AvgIpc) is 2.57. The van der Waals surface area contributed by atoms with E-state index in [1.807, 2.05) is 20.8 Å². The van der Waals surface area contributed by atoms with Gasteiger partial charge in [0.25, 0.3) is 5.91 Å². The molecule has 0 spiro atoms. The highest BCUT2D eigenvalue weighted by molar-refractivity contribution is 7.89. The molecular weight excluding hydrogens is 344 g/mol. The first-order valence-electron chi connectivity index (χ1n) is 8.22. The van der Waals surface area contributed by atoms with E-state index in [1.165, 1.54) is 24.3 Å². The molecule has 1 atom stereocenters. The first kappa shape index (κ1) is 21.1. The van der Waals surface area contributed by atoms with E-state index < -0.39 is 16.0 Å². The van der Waals surface area contributed by atoms with Crippen LogP contribution in [0, 0.1) is 5.92 Å². The number of carbonyl (C=O) groups excluding carboxylic acids is 2. The molecule has 25 heavy (non-hydrogen) atoms. The largest absolute Gasteiger partial charge is 0.452 e. The van der Waals surface area contributed by atoms with Crippen LogP contribution in [0.5, 0.6) is 0 Å². The monoisotopic (exact) mass is 370 g/mol. The van der Waals surface area contributed by atoms with Gasteiger partial charge in [0, 0.05) is 12.6 Å². The van der Waals surface area contributed by atoms with Crippen molar-refractivity contribution in [3.05, 3.63) is 29.8 Å². The minimum atomic E-state index is -3.62. The van der Waals surface area contributed by atoms with Crippen LogP contribution >= 0.6 is 0 Å². The minimum Gasteiger partial charge on any atom is -0.452 e. The number of ether oxygens (including phenoxy) is 1. The quantitative estimate of drug-likeness (QED) is 0.644. The van der Waals surface area contributed by atoms with Crippen molar-refractivity contribution < 1.29 is 22.7 Å². The fourth-order valence-corrected chi connectivity index (χ4v) is 3.10. The fourth-order valence-electron chi connectivity index (χ4n) is 1.77. The normalized spacial score (nSPS) is 12.7. The van der Waals surface area contributed by atoms with E-state index in [4.69, 9.17) is 4.74 Å². The predicted octanol–water partition coefficient (Wildman–Crippen LogP) is 1.69. The summed E-state index contributed by atoms with van der Waals surface area (Å²) in [6.07, 6.45) is 0.669. The summed E-state index contributed by atoms with van der Waals surface area (Å²) in [5, 5.41) is 2.64. The number of hydrogen-bond donors (Lipinski definition) is 2. The van der Waals surface area contributed by atoms with Crippen LogP contribution in [0.4, 0.5) is 0 Å². The maximum Gasteiger partial charge on any atom is 0.338 e. The Kier molecular flexibility index (Phi) is 8.05. The third-order valence-corrected chi connectivity index (χ3v) is 5.02. The predicted molar refractivity (Wildman–Crippen MR) is 94.6 cm³/mol. The van der Waals surface area contributed by atoms with Crippen LogP contribution in [-0.4, -0.2) is 39.5 Å². The molecule has 0 bridgehead atoms. The molecule has 0 aliphatic rings. The second-order valence-electron chi connectivity index (χ2n) is 6.23. The fraction of sp³-hybridized carbons (Fsp3) is 0.529. The van der Waals surface area contributed by atoms with Gasteiger partial charge in [-0.3, -0.25) is 4.79 Å². The highest BCUT2D eigenvalue weighted by Gasteiger charge is 2.17. The van der Waals surface area contributed by atoms with E-state index in [2.05, 4.69) is 10.0 Å². The van der Waals surface area contributed by atoms with Crippen molar-refractivity contribution in [2.24, 2.45) is 5.92 Å². The zero-order valence-corrected chi connectivity index (χ0v) is 15.9. The molecule has 140 valence electrons. The molecule has 1 rings (SSSR count). The number of nitrogens with one attached hydrogen (secondary N) is 2. The van der Waals surface area contributed by atoms with E-state index in [9.17, 15) is 18.0 Å². The SMILES string of the molecule is CC[C@@H](C)NS(=O)(=O)c1ccc(C(=O)OCC(=O)NCC(C)C)cc1. The number of amides is 1. The molecule has 7 nitrogen and oxygen atoms in total. The Labute approximate surface area is 149 Å². The van der Waals surface area contributed by atoms with Crippen LogP contribution < -0.4 is 10.0 Å². The summed E-state index contributed by atoms with van der Waals surface area (Å²) in [7, 11) is -3.62. The van der Waals surface area contributed by atoms with E-state index in [0.29, 0.717) is 18.9 Å². The summed E-state index contributed by atoms with van der Waals surface area (Å²) in [6, 6.07) is 5.21. The molecule has 0 aromatic heterocycles. The molecule has 1 aromatic carbocycles. The molecule has 0 aliphatic carbocycles. The van der Waals surface area contributed by atoms with Gasteiger partial charge in [0.15, 0.2) is 6.61 Å². The van der Waals surface area contributed by atoms with E-state index >= 15 is 0 Å². The number of esters is 1. The number of sulfonamides is 1. The molecule has 8 heteroatoms. The Hall–Kier alpha value is -1.93. The van der Waals surface area contributed by atoms with E-state index in [-0.39, 0.29) is 29.0 Å². The highest BCUT2D eigenvalue weighted by Crippen LogP contribution is 2.12. The summed E-state index contributed by atoms with van der Waals surface area (Å²) in [4.78, 5) is 23.5. The topological polar surface area (TPSA) is 102 Å². The molecule has 1 aromatic rings. The molecule has 0 saturated heterocycles. The summed E-state index contributed by atoms with van der Waals surface area (Å²) >= 11 is 0. The van der Waals surface area contributed by atoms with Crippen LogP contribution in [0.1, 0.15) is 44.5 Å². The maximum absolute atomic E-state index is 12.1. The van der Waals surface area contributed by atoms with Crippen molar-refractivity contribution in [3.8, 4) is 0 Å². The molecule has 0 saturated carbocycles. The number of benzene rings is 1. The van der Waals surface area contributed by atoms with E-state index in [1.54, 1.807) is 6.92 Å². The Morgan fingerprint density at radius 1 is 1.12 bits per heavy atom. The molecule has 0 heterocycles. The van der Waals surface area contributed by atoms with Gasteiger partial charge >= 0.3 is 5.97 Å². The Morgan fingerprint density at radius 3 is 2.24 bits per heavy atom. The van der Waals surface area contributed by atoms with Crippen LogP contribution in [0.3, 0.4) is 0 Å². The van der Waals surface area contributed by atoms with Crippen LogP contribution in [0.2, 0.25) is 0 Å². The van der Waals surface area contributed by atoms with Crippen molar-refractivity contribution in [2.75, 3.05) is 13.2 Å². The molecule has 1 amide bonds. The van der Waals surface area contributed by atoms with Crippen molar-refractivity contribution >= 4 is 21.9 Å². The summed E-state index contributed by atoms with van der Waals surface area (Å²) in [5.41, 5.74) is 0.180. The molecular formula is C17H26N2O5S. The lowest BCUT2D eigenvalue weighted by atomic mass is 10.2. The van der Waals surface area contributed by atoms with Crippen LogP contribution in [0.15, 0.2) is 29.2 Å². The smallest absolute Gasteiger partial charge is 0.338 e. The molecule has 2 N–H and O–H groups in total. The summed E-state index contributed by atoms with van der Waals surface area (Å²) in [5.74, 6) is -0.754. The lowest BCUT2D eigenvalue weighted by Gasteiger charge is -2.12. The van der Waals surface area contributed by atoms with Crippen molar-refractivity contribution in [3.63, 3.8) is 0 Å². The van der Waals surface area contributed by atoms with Gasteiger partial charge in [-0.2, -0.15) is 0 Å². The number of carbonyl (C=O) groups is 2. The van der Waals surface area contributed by atoms with Crippen LogP contribution in [0.25, 0.3) is 0 Å². The zero-order chi connectivity index (χ0) is 19.0. The second-order valence-corrected chi connectivity index (χ2v) is 7.94. The van der Waals surface area contributed by atoms with Gasteiger partial charge in [-0.15, -0.1) is 0 Å². The Bertz CT molecular complexity index is 683. The molecule has 0 fully saturated rings. The molecule has 0 unspecified atom stereocenters. The zero-order valence-electron chi connectivity index (χ0n) is 15.0. The average molecular weight is 370 g/mol. The second kappa shape index (κ2) is 9.53. The first-order chi connectivity index (χ1) is 11.7. The van der Waals surface area contributed by atoms with Gasteiger partial charge in [-0.05, 0) is 43.5 Å². The van der Waals surface area contributed by atoms with Crippen molar-refractivity contribution in [1.82, 2.24) is 10.0 Å². The third kappa shape index (κ3) is 7.23. The summed E-state index contributed by atoms with van der Waals surface area (Å²) in [6.45, 7) is 7.69.